The lowest BCUT2D eigenvalue weighted by atomic mass is 10.2. The number of pyridine rings is 1. The summed E-state index contributed by atoms with van der Waals surface area (Å²) in [5, 5.41) is 3.25. The maximum atomic E-state index is 12.5. The van der Waals surface area contributed by atoms with E-state index in [1.54, 1.807) is 24.3 Å². The van der Waals surface area contributed by atoms with E-state index < -0.39 is 11.7 Å². The average molecular weight is 273 g/mol. The Balaban J connectivity index is 2.25. The van der Waals surface area contributed by atoms with Gasteiger partial charge in [0.1, 0.15) is 5.82 Å². The molecule has 0 unspecified atom stereocenters. The molecule has 0 saturated carbocycles. The molecule has 2 nitrogen and oxygen atoms in total. The van der Waals surface area contributed by atoms with Crippen LogP contribution in [0.3, 0.4) is 0 Å². The van der Waals surface area contributed by atoms with E-state index in [2.05, 4.69) is 10.3 Å². The second-order valence-corrected chi connectivity index (χ2v) is 4.00. The Morgan fingerprint density at radius 1 is 1.11 bits per heavy atom. The Labute approximate surface area is 106 Å². The van der Waals surface area contributed by atoms with Crippen LogP contribution in [-0.2, 0) is 6.18 Å². The Bertz CT molecular complexity index is 555. The van der Waals surface area contributed by atoms with Crippen LogP contribution in [0.15, 0.2) is 42.6 Å². The van der Waals surface area contributed by atoms with Gasteiger partial charge >= 0.3 is 6.18 Å². The second-order valence-electron chi connectivity index (χ2n) is 3.56. The number of anilines is 2. The first-order valence-electron chi connectivity index (χ1n) is 5.01. The van der Waals surface area contributed by atoms with Crippen molar-refractivity contribution < 1.29 is 13.2 Å². The number of alkyl halides is 3. The summed E-state index contributed by atoms with van der Waals surface area (Å²) in [6, 6.07) is 8.52. The molecule has 0 aliphatic carbocycles. The first-order valence-corrected chi connectivity index (χ1v) is 5.39. The number of aromatic nitrogens is 1. The minimum Gasteiger partial charge on any atom is -0.340 e. The lowest BCUT2D eigenvalue weighted by molar-refractivity contribution is -0.137. The fraction of sp³-hybridized carbons (Fsp3) is 0.0833. The molecule has 1 N–H and O–H groups in total. The maximum Gasteiger partial charge on any atom is 0.416 e. The van der Waals surface area contributed by atoms with Crippen LogP contribution in [0.25, 0.3) is 0 Å². The highest BCUT2D eigenvalue weighted by molar-refractivity contribution is 6.30. The van der Waals surface area contributed by atoms with Gasteiger partial charge in [-0.1, -0.05) is 17.7 Å². The summed E-state index contributed by atoms with van der Waals surface area (Å²) in [6.07, 6.45) is -3.27. The zero-order valence-corrected chi connectivity index (χ0v) is 9.76. The smallest absolute Gasteiger partial charge is 0.340 e. The lowest BCUT2D eigenvalue weighted by Crippen LogP contribution is -2.06. The summed E-state index contributed by atoms with van der Waals surface area (Å²) in [5.41, 5.74) is -0.170. The summed E-state index contributed by atoms with van der Waals surface area (Å²) >= 11 is 5.77. The molecular weight excluding hydrogens is 265 g/mol. The number of benzene rings is 1. The van der Waals surface area contributed by atoms with Crippen molar-refractivity contribution >= 4 is 23.1 Å². The van der Waals surface area contributed by atoms with E-state index in [-0.39, 0.29) is 5.82 Å². The molecule has 0 fully saturated rings. The highest BCUT2D eigenvalue weighted by Gasteiger charge is 2.30. The zero-order chi connectivity index (χ0) is 13.2. The van der Waals surface area contributed by atoms with Crippen LogP contribution in [0.2, 0.25) is 5.02 Å². The molecule has 0 bridgehead atoms. The predicted molar refractivity (Wildman–Crippen MR) is 64.0 cm³/mol. The molecule has 0 aliphatic heterocycles. The Hall–Kier alpha value is -1.75. The van der Waals surface area contributed by atoms with Crippen LogP contribution >= 0.6 is 11.6 Å². The summed E-state index contributed by atoms with van der Waals surface area (Å²) in [5.74, 6) is 0.118. The summed E-state index contributed by atoms with van der Waals surface area (Å²) in [4.78, 5) is 3.82. The van der Waals surface area contributed by atoms with Crippen molar-refractivity contribution in [3.63, 3.8) is 0 Å². The first kappa shape index (κ1) is 12.7. The standard InChI is InChI=1S/C12H8ClF3N2/c13-9-2-1-3-10(7-9)18-11-6-8(4-5-17-11)12(14,15)16/h1-7H,(H,17,18). The van der Waals surface area contributed by atoms with Crippen molar-refractivity contribution in [1.82, 2.24) is 4.98 Å². The van der Waals surface area contributed by atoms with Gasteiger partial charge in [-0.05, 0) is 30.3 Å². The van der Waals surface area contributed by atoms with Crippen LogP contribution in [0.1, 0.15) is 5.56 Å². The quantitative estimate of drug-likeness (QED) is 0.871. The van der Waals surface area contributed by atoms with Gasteiger partial charge < -0.3 is 5.32 Å². The molecule has 0 radical (unpaired) electrons. The predicted octanol–water partition coefficient (Wildman–Crippen LogP) is 4.50. The van der Waals surface area contributed by atoms with E-state index in [1.165, 1.54) is 0 Å². The van der Waals surface area contributed by atoms with Crippen molar-refractivity contribution in [2.45, 2.75) is 6.18 Å². The number of rotatable bonds is 2. The third kappa shape index (κ3) is 3.13. The van der Waals surface area contributed by atoms with Gasteiger partial charge in [0.15, 0.2) is 0 Å². The largest absolute Gasteiger partial charge is 0.416 e. The van der Waals surface area contributed by atoms with E-state index in [9.17, 15) is 13.2 Å². The molecule has 1 aromatic heterocycles. The second kappa shape index (κ2) is 4.86. The number of halogens is 4. The van der Waals surface area contributed by atoms with E-state index in [0.717, 1.165) is 18.3 Å². The third-order valence-electron chi connectivity index (χ3n) is 2.18. The molecule has 0 saturated heterocycles. The normalized spacial score (nSPS) is 11.3. The summed E-state index contributed by atoms with van der Waals surface area (Å²) in [6.45, 7) is 0. The van der Waals surface area contributed by atoms with Gasteiger partial charge in [-0.2, -0.15) is 13.2 Å². The fourth-order valence-corrected chi connectivity index (χ4v) is 1.58. The van der Waals surface area contributed by atoms with Crippen molar-refractivity contribution in [1.29, 1.82) is 0 Å². The monoisotopic (exact) mass is 272 g/mol. The molecule has 0 spiro atoms. The number of hydrogen-bond donors (Lipinski definition) is 1. The van der Waals surface area contributed by atoms with Crippen molar-refractivity contribution in [3.8, 4) is 0 Å². The Morgan fingerprint density at radius 3 is 2.56 bits per heavy atom. The Kier molecular flexibility index (Phi) is 3.43. The first-order chi connectivity index (χ1) is 8.45. The van der Waals surface area contributed by atoms with Gasteiger partial charge in [-0.25, -0.2) is 4.98 Å². The van der Waals surface area contributed by atoms with Gasteiger partial charge in [0.05, 0.1) is 5.56 Å². The molecule has 0 atom stereocenters. The molecule has 6 heteroatoms. The molecule has 94 valence electrons. The van der Waals surface area contributed by atoms with Gasteiger partial charge in [-0.15, -0.1) is 0 Å². The fourth-order valence-electron chi connectivity index (χ4n) is 1.39. The minimum absolute atomic E-state index is 0.118. The molecule has 1 aromatic carbocycles. The molecule has 2 aromatic rings. The van der Waals surface area contributed by atoms with Gasteiger partial charge in [0.25, 0.3) is 0 Å². The van der Waals surface area contributed by atoms with Gasteiger partial charge in [0, 0.05) is 16.9 Å². The van der Waals surface area contributed by atoms with E-state index in [1.807, 2.05) is 0 Å². The van der Waals surface area contributed by atoms with Crippen LogP contribution in [0, 0.1) is 0 Å². The van der Waals surface area contributed by atoms with Crippen molar-refractivity contribution in [3.05, 3.63) is 53.2 Å². The maximum absolute atomic E-state index is 12.5. The Morgan fingerprint density at radius 2 is 1.89 bits per heavy atom. The minimum atomic E-state index is -4.38. The summed E-state index contributed by atoms with van der Waals surface area (Å²) in [7, 11) is 0. The summed E-state index contributed by atoms with van der Waals surface area (Å²) < 4.78 is 37.5. The zero-order valence-electron chi connectivity index (χ0n) is 9.00. The molecule has 0 amide bonds. The van der Waals surface area contributed by atoms with Crippen LogP contribution in [0.4, 0.5) is 24.7 Å². The lowest BCUT2D eigenvalue weighted by Gasteiger charge is -2.09. The van der Waals surface area contributed by atoms with Gasteiger partial charge in [0.2, 0.25) is 0 Å². The van der Waals surface area contributed by atoms with E-state index in [0.29, 0.717) is 10.7 Å². The van der Waals surface area contributed by atoms with Crippen LogP contribution in [0.5, 0.6) is 0 Å². The van der Waals surface area contributed by atoms with Gasteiger partial charge in [-0.3, -0.25) is 0 Å². The van der Waals surface area contributed by atoms with Crippen LogP contribution in [-0.4, -0.2) is 4.98 Å². The van der Waals surface area contributed by atoms with E-state index >= 15 is 0 Å². The average Bonchev–Trinajstić information content (AvgIpc) is 2.28. The van der Waals surface area contributed by atoms with Crippen molar-refractivity contribution in [2.75, 3.05) is 5.32 Å². The van der Waals surface area contributed by atoms with Crippen molar-refractivity contribution in [2.24, 2.45) is 0 Å². The molecule has 18 heavy (non-hydrogen) atoms. The molecular formula is C12H8ClF3N2. The molecule has 1 heterocycles. The van der Waals surface area contributed by atoms with E-state index in [4.69, 9.17) is 11.6 Å². The number of nitrogens with one attached hydrogen (secondary N) is 1. The molecule has 2 rings (SSSR count). The number of nitrogens with zero attached hydrogens (tertiary/aromatic N) is 1. The highest BCUT2D eigenvalue weighted by atomic mass is 35.5. The highest BCUT2D eigenvalue weighted by Crippen LogP contribution is 2.30. The third-order valence-corrected chi connectivity index (χ3v) is 2.42. The number of hydrogen-bond acceptors (Lipinski definition) is 2. The topological polar surface area (TPSA) is 24.9 Å². The molecule has 0 aliphatic rings. The van der Waals surface area contributed by atoms with Crippen LogP contribution < -0.4 is 5.32 Å². The SMILES string of the molecule is FC(F)(F)c1ccnc(Nc2cccc(Cl)c2)c1.